The van der Waals surface area contributed by atoms with Crippen LogP contribution < -0.4 is 0 Å². The van der Waals surface area contributed by atoms with Crippen molar-refractivity contribution in [3.63, 3.8) is 0 Å². The van der Waals surface area contributed by atoms with Crippen LogP contribution in [0.3, 0.4) is 0 Å². The van der Waals surface area contributed by atoms with Crippen LogP contribution in [-0.4, -0.2) is 11.1 Å². The quantitative estimate of drug-likeness (QED) is 0.674. The Morgan fingerprint density at radius 2 is 2.08 bits per heavy atom. The van der Waals surface area contributed by atoms with Crippen molar-refractivity contribution in [2.75, 3.05) is 0 Å². The largest absolute Gasteiger partial charge is 0.472 e. The van der Waals surface area contributed by atoms with Crippen molar-refractivity contribution < 1.29 is 9.90 Å². The van der Waals surface area contributed by atoms with Gasteiger partial charge in [-0.15, -0.1) is 0 Å². The van der Waals surface area contributed by atoms with Gasteiger partial charge in [0.15, 0.2) is 0 Å². The van der Waals surface area contributed by atoms with Gasteiger partial charge in [-0.05, 0) is 18.2 Å². The van der Waals surface area contributed by atoms with Gasteiger partial charge in [-0.2, -0.15) is 0 Å². The zero-order valence-corrected chi connectivity index (χ0v) is 7.86. The van der Waals surface area contributed by atoms with Crippen LogP contribution in [0.1, 0.15) is 5.56 Å². The fourth-order valence-electron chi connectivity index (χ4n) is 0.714. The number of benzene rings is 1. The highest BCUT2D eigenvalue weighted by atomic mass is 35.5. The van der Waals surface area contributed by atoms with Crippen molar-refractivity contribution in [3.05, 3.63) is 33.8 Å². The summed E-state index contributed by atoms with van der Waals surface area (Å²) in [6.45, 7) is 0. The van der Waals surface area contributed by atoms with Gasteiger partial charge in [0.1, 0.15) is 0 Å². The molecule has 0 radical (unpaired) electrons. The molecule has 1 N–H and O–H groups in total. The second-order valence-electron chi connectivity index (χ2n) is 2.18. The lowest BCUT2D eigenvalue weighted by Gasteiger charge is -1.94. The van der Waals surface area contributed by atoms with Crippen molar-refractivity contribution in [1.29, 1.82) is 0 Å². The molecule has 1 aromatic rings. The van der Waals surface area contributed by atoms with Crippen molar-refractivity contribution >= 4 is 29.2 Å². The summed E-state index contributed by atoms with van der Waals surface area (Å²) in [6, 6.07) is 4.69. The van der Waals surface area contributed by atoms with Crippen LogP contribution in [-0.2, 0) is 4.79 Å². The zero-order valence-electron chi connectivity index (χ0n) is 6.34. The van der Waals surface area contributed by atoms with Crippen LogP contribution in [0.25, 0.3) is 0 Å². The summed E-state index contributed by atoms with van der Waals surface area (Å²) in [5, 5.41) is 9.14. The van der Waals surface area contributed by atoms with Crippen molar-refractivity contribution in [2.24, 2.45) is 0 Å². The third-order valence-electron chi connectivity index (χ3n) is 1.23. The van der Waals surface area contributed by atoms with Gasteiger partial charge < -0.3 is 5.11 Å². The van der Waals surface area contributed by atoms with E-state index in [0.29, 0.717) is 15.6 Å². The Labute approximate surface area is 85.1 Å². The summed E-state index contributed by atoms with van der Waals surface area (Å²) in [7, 11) is 0. The number of carboxylic acids is 1. The fourth-order valence-corrected chi connectivity index (χ4v) is 1.05. The molecule has 1 aromatic carbocycles. The van der Waals surface area contributed by atoms with E-state index < -0.39 is 5.97 Å². The molecule has 4 heteroatoms. The van der Waals surface area contributed by atoms with Crippen LogP contribution in [0.2, 0.25) is 10.0 Å². The smallest absolute Gasteiger partial charge is 0.382 e. The van der Waals surface area contributed by atoms with E-state index in [2.05, 4.69) is 5.92 Å². The number of carboxylic acid groups (broad SMARTS) is 1. The van der Waals surface area contributed by atoms with Crippen LogP contribution in [0.4, 0.5) is 0 Å². The molecule has 0 atom stereocenters. The molecule has 0 spiro atoms. The Balaban J connectivity index is 3.09. The van der Waals surface area contributed by atoms with Gasteiger partial charge in [-0.25, -0.2) is 4.79 Å². The van der Waals surface area contributed by atoms with Gasteiger partial charge in [-0.1, -0.05) is 29.1 Å². The molecule has 0 saturated heterocycles. The van der Waals surface area contributed by atoms with E-state index in [0.717, 1.165) is 0 Å². The summed E-state index contributed by atoms with van der Waals surface area (Å²) < 4.78 is 0. The Morgan fingerprint density at radius 1 is 1.38 bits per heavy atom. The first-order chi connectivity index (χ1) is 6.09. The summed E-state index contributed by atoms with van der Waals surface area (Å²) in [5.41, 5.74) is 0.413. The van der Waals surface area contributed by atoms with E-state index in [9.17, 15) is 4.79 Å². The van der Waals surface area contributed by atoms with E-state index >= 15 is 0 Å². The van der Waals surface area contributed by atoms with Crippen molar-refractivity contribution in [2.45, 2.75) is 0 Å². The number of hydrogen-bond acceptors (Lipinski definition) is 1. The molecule has 0 aliphatic carbocycles. The molecule has 13 heavy (non-hydrogen) atoms. The zero-order chi connectivity index (χ0) is 9.84. The molecule has 0 unspecified atom stereocenters. The molecule has 0 amide bonds. The number of aliphatic carboxylic acids is 1. The molecule has 2 nitrogen and oxygen atoms in total. The van der Waals surface area contributed by atoms with Gasteiger partial charge in [0.05, 0.1) is 5.02 Å². The van der Waals surface area contributed by atoms with Gasteiger partial charge in [-0.3, -0.25) is 0 Å². The molecular formula is C9H4Cl2O2. The summed E-state index contributed by atoms with van der Waals surface area (Å²) >= 11 is 11.4. The van der Waals surface area contributed by atoms with E-state index in [1.54, 1.807) is 12.1 Å². The lowest BCUT2D eigenvalue weighted by molar-refractivity contribution is -0.130. The number of rotatable bonds is 0. The lowest BCUT2D eigenvalue weighted by Crippen LogP contribution is -1.87. The maximum Gasteiger partial charge on any atom is 0.382 e. The Bertz CT molecular complexity index is 402. The summed E-state index contributed by atoms with van der Waals surface area (Å²) in [5.74, 6) is 3.14. The van der Waals surface area contributed by atoms with Gasteiger partial charge in [0.2, 0.25) is 0 Å². The Kier molecular flexibility index (Phi) is 3.18. The minimum Gasteiger partial charge on any atom is -0.472 e. The van der Waals surface area contributed by atoms with Gasteiger partial charge in [0.25, 0.3) is 0 Å². The maximum atomic E-state index is 10.1. The molecule has 0 aliphatic heterocycles. The summed E-state index contributed by atoms with van der Waals surface area (Å²) in [4.78, 5) is 10.1. The van der Waals surface area contributed by atoms with Gasteiger partial charge >= 0.3 is 5.97 Å². The predicted molar refractivity (Wildman–Crippen MR) is 51.0 cm³/mol. The fraction of sp³-hybridized carbons (Fsp3) is 0. The highest BCUT2D eigenvalue weighted by Crippen LogP contribution is 2.19. The standard InChI is InChI=1S/C9H4Cl2O2/c10-7-2-3-8(11)6(5-7)1-4-9(12)13/h2-3,5H,(H,12,13). The van der Waals surface area contributed by atoms with Gasteiger partial charge in [0, 0.05) is 16.5 Å². The average molecular weight is 215 g/mol. The first-order valence-electron chi connectivity index (χ1n) is 3.29. The molecule has 1 rings (SSSR count). The van der Waals surface area contributed by atoms with Crippen molar-refractivity contribution in [3.8, 4) is 11.8 Å². The van der Waals surface area contributed by atoms with Crippen molar-refractivity contribution in [1.82, 2.24) is 0 Å². The predicted octanol–water partition coefficient (Wildman–Crippen LogP) is 2.43. The van der Waals surface area contributed by atoms with E-state index in [4.69, 9.17) is 28.3 Å². The Hall–Kier alpha value is -1.17. The van der Waals surface area contributed by atoms with Crippen LogP contribution in [0.5, 0.6) is 0 Å². The molecule has 0 fully saturated rings. The second kappa shape index (κ2) is 4.18. The second-order valence-corrected chi connectivity index (χ2v) is 3.02. The highest BCUT2D eigenvalue weighted by Gasteiger charge is 1.97. The minimum absolute atomic E-state index is 0.387. The topological polar surface area (TPSA) is 37.3 Å². The molecule has 66 valence electrons. The first-order valence-corrected chi connectivity index (χ1v) is 4.05. The molecule has 0 heterocycles. The average Bonchev–Trinajstić information content (AvgIpc) is 2.06. The molecule has 0 saturated carbocycles. The highest BCUT2D eigenvalue weighted by molar-refractivity contribution is 6.33. The molecule has 0 aliphatic rings. The third kappa shape index (κ3) is 2.98. The summed E-state index contributed by atoms with van der Waals surface area (Å²) in [6.07, 6.45) is 0. The van der Waals surface area contributed by atoms with Crippen LogP contribution >= 0.6 is 23.2 Å². The number of carbonyl (C=O) groups is 1. The number of halogens is 2. The monoisotopic (exact) mass is 214 g/mol. The molecule has 0 bridgehead atoms. The molecular weight excluding hydrogens is 211 g/mol. The minimum atomic E-state index is -1.20. The SMILES string of the molecule is O=C(O)C#Cc1cc(Cl)ccc1Cl. The maximum absolute atomic E-state index is 10.1. The van der Waals surface area contributed by atoms with Crippen LogP contribution in [0, 0.1) is 11.8 Å². The van der Waals surface area contributed by atoms with E-state index in [-0.39, 0.29) is 0 Å². The molecule has 0 aromatic heterocycles. The third-order valence-corrected chi connectivity index (χ3v) is 1.80. The van der Waals surface area contributed by atoms with E-state index in [1.807, 2.05) is 5.92 Å². The normalized spacial score (nSPS) is 8.77. The first kappa shape index (κ1) is 9.91. The van der Waals surface area contributed by atoms with Crippen LogP contribution in [0.15, 0.2) is 18.2 Å². The number of hydrogen-bond donors (Lipinski definition) is 1. The Morgan fingerprint density at radius 3 is 2.69 bits per heavy atom. The lowest BCUT2D eigenvalue weighted by atomic mass is 10.2. The van der Waals surface area contributed by atoms with E-state index in [1.165, 1.54) is 6.07 Å².